The van der Waals surface area contributed by atoms with E-state index in [-0.39, 0.29) is 6.10 Å². The molecule has 146 valence electrons. The molecule has 0 amide bonds. The van der Waals surface area contributed by atoms with Crippen LogP contribution in [0.3, 0.4) is 0 Å². The maximum atomic E-state index is 10.7. The number of hydrogen-bond acceptors (Lipinski definition) is 4. The molecule has 4 heteroatoms. The van der Waals surface area contributed by atoms with Crippen LogP contribution in [0.1, 0.15) is 16.7 Å². The predicted molar refractivity (Wildman–Crippen MR) is 110 cm³/mol. The molecule has 4 nitrogen and oxygen atoms in total. The molecule has 0 bridgehead atoms. The van der Waals surface area contributed by atoms with Gasteiger partial charge in [-0.15, -0.1) is 0 Å². The molecule has 1 aliphatic heterocycles. The molecule has 27 heavy (non-hydrogen) atoms. The largest absolute Gasteiger partial charge is 0.391 e. The van der Waals surface area contributed by atoms with Gasteiger partial charge in [0, 0.05) is 39.3 Å². The third-order valence-electron chi connectivity index (χ3n) is 5.11. The van der Waals surface area contributed by atoms with Crippen molar-refractivity contribution >= 4 is 0 Å². The van der Waals surface area contributed by atoms with Gasteiger partial charge >= 0.3 is 0 Å². The number of aryl methyl sites for hydroxylation is 1. The van der Waals surface area contributed by atoms with Crippen molar-refractivity contribution in [3.8, 4) is 0 Å². The summed E-state index contributed by atoms with van der Waals surface area (Å²) in [7, 11) is 0. The van der Waals surface area contributed by atoms with Crippen molar-refractivity contribution in [3.05, 3.63) is 71.3 Å². The van der Waals surface area contributed by atoms with Crippen LogP contribution in [0.15, 0.2) is 54.6 Å². The topological polar surface area (TPSA) is 35.9 Å². The fourth-order valence-corrected chi connectivity index (χ4v) is 3.66. The number of nitrogens with zero attached hydrogens (tertiary/aromatic N) is 2. The van der Waals surface area contributed by atoms with Gasteiger partial charge in [0.2, 0.25) is 0 Å². The second-order valence-electron chi connectivity index (χ2n) is 7.52. The first-order valence-electron chi connectivity index (χ1n) is 9.99. The molecule has 0 radical (unpaired) electrons. The van der Waals surface area contributed by atoms with Crippen LogP contribution in [-0.4, -0.2) is 66.9 Å². The lowest BCUT2D eigenvalue weighted by Crippen LogP contribution is -2.43. The minimum atomic E-state index is -0.359. The third-order valence-corrected chi connectivity index (χ3v) is 5.11. The summed E-state index contributed by atoms with van der Waals surface area (Å²) in [6.45, 7) is 9.34. The van der Waals surface area contributed by atoms with E-state index in [1.165, 1.54) is 16.7 Å². The van der Waals surface area contributed by atoms with Crippen LogP contribution in [-0.2, 0) is 17.7 Å². The Morgan fingerprint density at radius 2 is 1.78 bits per heavy atom. The number of aliphatic hydroxyl groups excluding tert-OH is 1. The molecule has 2 aromatic rings. The Labute approximate surface area is 163 Å². The Kier molecular flexibility index (Phi) is 7.84. The fraction of sp³-hybridized carbons (Fsp3) is 0.478. The van der Waals surface area contributed by atoms with Crippen molar-refractivity contribution in [2.75, 3.05) is 45.9 Å². The van der Waals surface area contributed by atoms with E-state index in [0.29, 0.717) is 13.0 Å². The first-order chi connectivity index (χ1) is 13.2. The van der Waals surface area contributed by atoms with Gasteiger partial charge in [-0.2, -0.15) is 0 Å². The third kappa shape index (κ3) is 7.07. The molecular formula is C23H32N2O2. The van der Waals surface area contributed by atoms with Gasteiger partial charge in [-0.25, -0.2) is 0 Å². The van der Waals surface area contributed by atoms with Crippen LogP contribution in [0.4, 0.5) is 0 Å². The van der Waals surface area contributed by atoms with Gasteiger partial charge in [-0.3, -0.25) is 9.80 Å². The summed E-state index contributed by atoms with van der Waals surface area (Å²) in [4.78, 5) is 4.84. The van der Waals surface area contributed by atoms with E-state index in [4.69, 9.17) is 4.74 Å². The quantitative estimate of drug-likeness (QED) is 0.738. The first kappa shape index (κ1) is 20.0. The van der Waals surface area contributed by atoms with E-state index in [1.54, 1.807) is 0 Å². The summed E-state index contributed by atoms with van der Waals surface area (Å²) >= 11 is 0. The molecule has 1 aliphatic rings. The molecule has 1 atom stereocenters. The van der Waals surface area contributed by atoms with E-state index in [2.05, 4.69) is 53.1 Å². The molecular weight excluding hydrogens is 336 g/mol. The van der Waals surface area contributed by atoms with E-state index in [0.717, 1.165) is 45.9 Å². The van der Waals surface area contributed by atoms with E-state index >= 15 is 0 Å². The van der Waals surface area contributed by atoms with Gasteiger partial charge in [0.1, 0.15) is 0 Å². The normalized spacial score (nSPS) is 16.6. The smallest absolute Gasteiger partial charge is 0.0707 e. The van der Waals surface area contributed by atoms with Crippen molar-refractivity contribution in [1.82, 2.24) is 9.80 Å². The van der Waals surface area contributed by atoms with Gasteiger partial charge in [-0.05, 0) is 24.5 Å². The lowest BCUT2D eigenvalue weighted by Gasteiger charge is -2.31. The Hall–Kier alpha value is -1.72. The van der Waals surface area contributed by atoms with Crippen molar-refractivity contribution in [3.63, 3.8) is 0 Å². The number of rotatable bonds is 9. The average Bonchev–Trinajstić information content (AvgIpc) is 2.68. The lowest BCUT2D eigenvalue weighted by molar-refractivity contribution is 0.0292. The Bertz CT molecular complexity index is 671. The molecule has 1 heterocycles. The minimum Gasteiger partial charge on any atom is -0.391 e. The molecule has 1 unspecified atom stereocenters. The van der Waals surface area contributed by atoms with Crippen LogP contribution in [0.25, 0.3) is 0 Å². The fourth-order valence-electron chi connectivity index (χ4n) is 3.66. The van der Waals surface area contributed by atoms with Crippen molar-refractivity contribution in [1.29, 1.82) is 0 Å². The predicted octanol–water partition coefficient (Wildman–Crippen LogP) is 2.73. The zero-order valence-corrected chi connectivity index (χ0v) is 16.4. The number of morpholine rings is 1. The van der Waals surface area contributed by atoms with E-state index in [1.807, 2.05) is 18.2 Å². The Morgan fingerprint density at radius 3 is 2.52 bits per heavy atom. The Morgan fingerprint density at radius 1 is 1.04 bits per heavy atom. The SMILES string of the molecule is Cc1cccc(CN(CCN2CCOCC2)CC(O)Cc2ccccc2)c1. The highest BCUT2D eigenvalue weighted by atomic mass is 16.5. The summed E-state index contributed by atoms with van der Waals surface area (Å²) < 4.78 is 5.45. The highest BCUT2D eigenvalue weighted by molar-refractivity contribution is 5.22. The highest BCUT2D eigenvalue weighted by Gasteiger charge is 2.16. The Balaban J connectivity index is 1.58. The van der Waals surface area contributed by atoms with E-state index < -0.39 is 0 Å². The maximum Gasteiger partial charge on any atom is 0.0707 e. The molecule has 1 saturated heterocycles. The second-order valence-corrected chi connectivity index (χ2v) is 7.52. The van der Waals surface area contributed by atoms with Gasteiger partial charge in [0.25, 0.3) is 0 Å². The first-order valence-corrected chi connectivity index (χ1v) is 9.99. The standard InChI is InChI=1S/C23H32N2O2/c1-20-6-5-9-22(16-20)18-25(11-10-24-12-14-27-15-13-24)19-23(26)17-21-7-3-2-4-8-21/h2-9,16,23,26H,10-15,17-19H2,1H3. The summed E-state index contributed by atoms with van der Waals surface area (Å²) in [6.07, 6.45) is 0.338. The number of hydrogen-bond donors (Lipinski definition) is 1. The molecule has 1 N–H and O–H groups in total. The van der Waals surface area contributed by atoms with Crippen LogP contribution in [0.5, 0.6) is 0 Å². The summed E-state index contributed by atoms with van der Waals surface area (Å²) in [5.74, 6) is 0. The summed E-state index contributed by atoms with van der Waals surface area (Å²) in [6, 6.07) is 18.9. The zero-order valence-electron chi connectivity index (χ0n) is 16.4. The molecule has 1 fully saturated rings. The molecule has 0 aromatic heterocycles. The molecule has 0 spiro atoms. The second kappa shape index (κ2) is 10.6. The monoisotopic (exact) mass is 368 g/mol. The number of ether oxygens (including phenoxy) is 1. The minimum absolute atomic E-state index is 0.359. The number of aliphatic hydroxyl groups is 1. The van der Waals surface area contributed by atoms with Gasteiger partial charge in [0.15, 0.2) is 0 Å². The van der Waals surface area contributed by atoms with Crippen molar-refractivity contribution < 1.29 is 9.84 Å². The zero-order chi connectivity index (χ0) is 18.9. The molecule has 0 saturated carbocycles. The molecule has 3 rings (SSSR count). The molecule has 0 aliphatic carbocycles. The summed E-state index contributed by atoms with van der Waals surface area (Å²) in [5, 5.41) is 10.7. The maximum absolute atomic E-state index is 10.7. The van der Waals surface area contributed by atoms with Crippen molar-refractivity contribution in [2.24, 2.45) is 0 Å². The van der Waals surface area contributed by atoms with Gasteiger partial charge in [0.05, 0.1) is 19.3 Å². The van der Waals surface area contributed by atoms with Crippen molar-refractivity contribution in [2.45, 2.75) is 26.0 Å². The van der Waals surface area contributed by atoms with Gasteiger partial charge < -0.3 is 9.84 Å². The average molecular weight is 369 g/mol. The molecule has 2 aromatic carbocycles. The van der Waals surface area contributed by atoms with Crippen LogP contribution in [0.2, 0.25) is 0 Å². The van der Waals surface area contributed by atoms with Crippen LogP contribution in [0, 0.1) is 6.92 Å². The lowest BCUT2D eigenvalue weighted by atomic mass is 10.1. The summed E-state index contributed by atoms with van der Waals surface area (Å²) in [5.41, 5.74) is 3.78. The number of benzene rings is 2. The van der Waals surface area contributed by atoms with Crippen LogP contribution >= 0.6 is 0 Å². The van der Waals surface area contributed by atoms with E-state index in [9.17, 15) is 5.11 Å². The highest BCUT2D eigenvalue weighted by Crippen LogP contribution is 2.11. The van der Waals surface area contributed by atoms with Crippen LogP contribution < -0.4 is 0 Å². The van der Waals surface area contributed by atoms with Gasteiger partial charge in [-0.1, -0.05) is 60.2 Å².